The number of nitrogens with zero attached hydrogens (tertiary/aromatic N) is 1. The van der Waals surface area contributed by atoms with Crippen LogP contribution in [0.4, 0.5) is 17.6 Å². The van der Waals surface area contributed by atoms with Gasteiger partial charge in [-0.15, -0.1) is 11.8 Å². The highest BCUT2D eigenvalue weighted by atomic mass is 32.2. The molecule has 0 amide bonds. The fourth-order valence-electron chi connectivity index (χ4n) is 3.75. The van der Waals surface area contributed by atoms with E-state index in [4.69, 9.17) is 5.11 Å². The molecule has 2 aromatic carbocycles. The number of halogens is 4. The Balaban J connectivity index is 1.49. The van der Waals surface area contributed by atoms with Crippen molar-refractivity contribution in [3.8, 4) is 0 Å². The summed E-state index contributed by atoms with van der Waals surface area (Å²) in [7, 11) is 0. The number of hydrogen-bond acceptors (Lipinski definition) is 3. The molecule has 3 aromatic rings. The SMILES string of the molecule is CC1=C(CSc2cc3ccn(CC(=O)O)c3cc2C)SC(c2ccc(C(F)(F)F)c(F)c2)=CC1. The van der Waals surface area contributed by atoms with Gasteiger partial charge in [0.2, 0.25) is 0 Å². The first-order valence-corrected chi connectivity index (χ1v) is 12.2. The maximum Gasteiger partial charge on any atom is 0.419 e. The number of fused-ring (bicyclic) bond motifs is 1. The minimum absolute atomic E-state index is 0.0994. The van der Waals surface area contributed by atoms with Crippen molar-refractivity contribution in [2.45, 2.75) is 37.9 Å². The minimum Gasteiger partial charge on any atom is -0.480 e. The number of hydrogen-bond donors (Lipinski definition) is 1. The van der Waals surface area contributed by atoms with Gasteiger partial charge in [-0.05, 0) is 66.6 Å². The molecule has 9 heteroatoms. The van der Waals surface area contributed by atoms with Gasteiger partial charge in [0.05, 0.1) is 5.56 Å². The van der Waals surface area contributed by atoms with E-state index in [2.05, 4.69) is 0 Å². The molecule has 3 nitrogen and oxygen atoms in total. The topological polar surface area (TPSA) is 42.2 Å². The van der Waals surface area contributed by atoms with E-state index in [1.54, 1.807) is 22.5 Å². The van der Waals surface area contributed by atoms with Crippen LogP contribution in [0.3, 0.4) is 0 Å². The number of benzene rings is 2. The summed E-state index contributed by atoms with van der Waals surface area (Å²) in [5.41, 5.74) is 2.23. The predicted molar refractivity (Wildman–Crippen MR) is 129 cm³/mol. The molecule has 0 aliphatic carbocycles. The summed E-state index contributed by atoms with van der Waals surface area (Å²) in [4.78, 5) is 14.0. The lowest BCUT2D eigenvalue weighted by Crippen LogP contribution is -2.08. The predicted octanol–water partition coefficient (Wildman–Crippen LogP) is 7.74. The quantitative estimate of drug-likeness (QED) is 0.274. The number of thioether (sulfide) groups is 2. The maximum atomic E-state index is 14.1. The third-order valence-electron chi connectivity index (χ3n) is 5.59. The Morgan fingerprint density at radius 3 is 2.62 bits per heavy atom. The van der Waals surface area contributed by atoms with E-state index in [1.807, 2.05) is 38.1 Å². The zero-order chi connectivity index (χ0) is 24.6. The van der Waals surface area contributed by atoms with E-state index in [0.29, 0.717) is 17.7 Å². The number of aliphatic carboxylic acids is 1. The van der Waals surface area contributed by atoms with Crippen molar-refractivity contribution >= 4 is 45.3 Å². The van der Waals surface area contributed by atoms with Gasteiger partial charge in [0.25, 0.3) is 0 Å². The Morgan fingerprint density at radius 2 is 1.94 bits per heavy atom. The molecule has 4 rings (SSSR count). The number of allylic oxidation sites excluding steroid dienone is 2. The number of alkyl halides is 3. The van der Waals surface area contributed by atoms with Crippen molar-refractivity contribution in [2.24, 2.45) is 0 Å². The van der Waals surface area contributed by atoms with E-state index in [9.17, 15) is 22.4 Å². The number of carboxylic acid groups (broad SMARTS) is 1. The van der Waals surface area contributed by atoms with Gasteiger partial charge < -0.3 is 9.67 Å². The van der Waals surface area contributed by atoms with Gasteiger partial charge >= 0.3 is 12.1 Å². The zero-order valence-electron chi connectivity index (χ0n) is 18.4. The van der Waals surface area contributed by atoms with Crippen LogP contribution < -0.4 is 0 Å². The van der Waals surface area contributed by atoms with E-state index in [-0.39, 0.29) is 6.54 Å². The lowest BCUT2D eigenvalue weighted by atomic mass is 10.1. The van der Waals surface area contributed by atoms with Crippen LogP contribution >= 0.6 is 23.5 Å². The summed E-state index contributed by atoms with van der Waals surface area (Å²) in [5.74, 6) is -1.51. The van der Waals surface area contributed by atoms with Crippen LogP contribution in [0.15, 0.2) is 64.0 Å². The maximum absolute atomic E-state index is 14.1. The van der Waals surface area contributed by atoms with Crippen LogP contribution in [0, 0.1) is 12.7 Å². The van der Waals surface area contributed by atoms with E-state index < -0.39 is 23.5 Å². The lowest BCUT2D eigenvalue weighted by Gasteiger charge is -2.20. The number of rotatable bonds is 6. The minimum atomic E-state index is -4.72. The third kappa shape index (κ3) is 5.20. The van der Waals surface area contributed by atoms with E-state index in [0.717, 1.165) is 43.3 Å². The molecular formula is C25H21F4NO2S2. The first-order chi connectivity index (χ1) is 16.0. The second-order valence-corrected chi connectivity index (χ2v) is 10.2. The first-order valence-electron chi connectivity index (χ1n) is 10.4. The van der Waals surface area contributed by atoms with Crippen molar-refractivity contribution in [2.75, 3.05) is 5.75 Å². The summed E-state index contributed by atoms with van der Waals surface area (Å²) in [6.45, 7) is 3.90. The largest absolute Gasteiger partial charge is 0.480 e. The van der Waals surface area contributed by atoms with Crippen molar-refractivity contribution in [1.82, 2.24) is 4.57 Å². The Kier molecular flexibility index (Phi) is 6.87. The Bertz CT molecular complexity index is 1340. The van der Waals surface area contributed by atoms with Crippen LogP contribution in [-0.4, -0.2) is 21.4 Å². The van der Waals surface area contributed by atoms with Gasteiger partial charge in [-0.3, -0.25) is 4.79 Å². The molecule has 1 aromatic heterocycles. The summed E-state index contributed by atoms with van der Waals surface area (Å²) < 4.78 is 54.4. The summed E-state index contributed by atoms with van der Waals surface area (Å²) in [6, 6.07) is 8.97. The van der Waals surface area contributed by atoms with Gasteiger partial charge in [-0.2, -0.15) is 13.2 Å². The number of aryl methyl sites for hydroxylation is 1. The molecule has 2 heterocycles. The average Bonchev–Trinajstić information content (AvgIpc) is 3.12. The van der Waals surface area contributed by atoms with E-state index >= 15 is 0 Å². The van der Waals surface area contributed by atoms with Crippen LogP contribution in [0.2, 0.25) is 0 Å². The molecule has 0 radical (unpaired) electrons. The van der Waals surface area contributed by atoms with Gasteiger partial charge in [-0.1, -0.05) is 29.5 Å². The molecule has 1 N–H and O–H groups in total. The zero-order valence-corrected chi connectivity index (χ0v) is 20.0. The molecule has 0 spiro atoms. The van der Waals surface area contributed by atoms with Crippen LogP contribution in [0.1, 0.15) is 30.0 Å². The molecule has 1 aliphatic heterocycles. The van der Waals surface area contributed by atoms with E-state index in [1.165, 1.54) is 23.4 Å². The highest BCUT2D eigenvalue weighted by Crippen LogP contribution is 2.44. The average molecular weight is 508 g/mol. The van der Waals surface area contributed by atoms with Crippen LogP contribution in [-0.2, 0) is 17.5 Å². The Morgan fingerprint density at radius 1 is 1.18 bits per heavy atom. The molecule has 0 atom stereocenters. The van der Waals surface area contributed by atoms with Crippen molar-refractivity contribution in [3.63, 3.8) is 0 Å². The summed E-state index contributed by atoms with van der Waals surface area (Å²) >= 11 is 3.10. The van der Waals surface area contributed by atoms with Gasteiger partial charge in [0.15, 0.2) is 0 Å². The molecule has 0 fully saturated rings. The van der Waals surface area contributed by atoms with Gasteiger partial charge in [0.1, 0.15) is 12.4 Å². The van der Waals surface area contributed by atoms with Crippen LogP contribution in [0.25, 0.3) is 15.8 Å². The highest BCUT2D eigenvalue weighted by Gasteiger charge is 2.34. The molecule has 0 saturated heterocycles. The molecule has 0 saturated carbocycles. The second kappa shape index (κ2) is 9.54. The fourth-order valence-corrected chi connectivity index (χ4v) is 6.13. The Hall–Kier alpha value is -2.65. The van der Waals surface area contributed by atoms with Crippen molar-refractivity contribution in [1.29, 1.82) is 0 Å². The standard InChI is InChI=1S/C25H21F4NO2S2/c1-14-3-6-21(17-4-5-18(19(26)10-17)25(27,28)29)34-23(14)13-33-22-11-16-7-8-30(12-24(31)32)20(16)9-15(22)2/h4-11H,3,12-13H2,1-2H3,(H,31,32). The fraction of sp³-hybridized carbons (Fsp3) is 0.240. The summed E-state index contributed by atoms with van der Waals surface area (Å²) in [5, 5.41) is 10.0. The third-order valence-corrected chi connectivity index (χ3v) is 8.32. The monoisotopic (exact) mass is 507 g/mol. The van der Waals surface area contributed by atoms with Gasteiger partial charge in [-0.25, -0.2) is 4.39 Å². The number of aromatic nitrogens is 1. The van der Waals surface area contributed by atoms with Crippen molar-refractivity contribution in [3.05, 3.63) is 81.7 Å². The molecule has 1 aliphatic rings. The lowest BCUT2D eigenvalue weighted by molar-refractivity contribution is -0.140. The number of carboxylic acids is 1. The first kappa shape index (κ1) is 24.5. The van der Waals surface area contributed by atoms with Gasteiger partial charge in [0, 0.05) is 32.7 Å². The normalized spacial score (nSPS) is 14.6. The smallest absolute Gasteiger partial charge is 0.419 e. The molecule has 34 heavy (non-hydrogen) atoms. The van der Waals surface area contributed by atoms with Crippen molar-refractivity contribution < 1.29 is 27.5 Å². The summed E-state index contributed by atoms with van der Waals surface area (Å²) in [6.07, 6.45) is -0.394. The molecule has 178 valence electrons. The Labute approximate surface area is 202 Å². The molecule has 0 unspecified atom stereocenters. The molecular weight excluding hydrogens is 486 g/mol. The number of carbonyl (C=O) groups is 1. The molecule has 0 bridgehead atoms. The second-order valence-electron chi connectivity index (χ2n) is 8.07. The van der Waals surface area contributed by atoms with Crippen LogP contribution in [0.5, 0.6) is 0 Å². The highest BCUT2D eigenvalue weighted by molar-refractivity contribution is 8.13.